The summed E-state index contributed by atoms with van der Waals surface area (Å²) < 4.78 is 5.33. The van der Waals surface area contributed by atoms with Crippen LogP contribution in [0, 0.1) is 0 Å². The normalized spacial score (nSPS) is 30.6. The zero-order valence-corrected chi connectivity index (χ0v) is 8.74. The Morgan fingerprint density at radius 3 is 2.00 bits per heavy atom. The van der Waals surface area contributed by atoms with E-state index < -0.39 is 0 Å². The Hall–Kier alpha value is -0.120. The lowest BCUT2D eigenvalue weighted by atomic mass is 10.0. The fourth-order valence-electron chi connectivity index (χ4n) is 2.77. The largest absolute Gasteiger partial charge is 0.378 e. The van der Waals surface area contributed by atoms with Gasteiger partial charge in [-0.25, -0.2) is 0 Å². The number of nitrogens with one attached hydrogen (secondary N) is 1. The minimum Gasteiger partial charge on any atom is -0.378 e. The average molecular weight is 196 g/mol. The molecule has 80 valence electrons. The molecule has 2 saturated heterocycles. The summed E-state index contributed by atoms with van der Waals surface area (Å²) in [5.41, 5.74) is 0. The van der Waals surface area contributed by atoms with Gasteiger partial charge in [0.2, 0.25) is 0 Å². The Morgan fingerprint density at radius 2 is 1.50 bits per heavy atom. The van der Waals surface area contributed by atoms with Crippen LogP contribution in [0.5, 0.6) is 0 Å². The standard InChI is InChI=1S/C11H20N2O/c1-2-9(1)13(11-7-14-8-11)10-3-5-12-6-4-10/h9-12H,1-8H2. The Balaban J connectivity index is 1.63. The summed E-state index contributed by atoms with van der Waals surface area (Å²) in [6.45, 7) is 4.39. The molecule has 0 amide bonds. The van der Waals surface area contributed by atoms with E-state index >= 15 is 0 Å². The Morgan fingerprint density at radius 1 is 0.857 bits per heavy atom. The van der Waals surface area contributed by atoms with Crippen molar-refractivity contribution >= 4 is 0 Å². The summed E-state index contributed by atoms with van der Waals surface area (Å²) in [5, 5.41) is 3.45. The van der Waals surface area contributed by atoms with Crippen LogP contribution in [-0.4, -0.2) is 49.3 Å². The van der Waals surface area contributed by atoms with Crippen molar-refractivity contribution in [2.45, 2.75) is 43.8 Å². The van der Waals surface area contributed by atoms with Gasteiger partial charge in [0.1, 0.15) is 0 Å². The lowest BCUT2D eigenvalue weighted by Gasteiger charge is -2.44. The maximum atomic E-state index is 5.33. The van der Waals surface area contributed by atoms with Crippen molar-refractivity contribution in [3.63, 3.8) is 0 Å². The van der Waals surface area contributed by atoms with Gasteiger partial charge in [-0.2, -0.15) is 0 Å². The highest BCUT2D eigenvalue weighted by Crippen LogP contribution is 2.34. The van der Waals surface area contributed by atoms with E-state index in [2.05, 4.69) is 10.2 Å². The molecule has 0 bridgehead atoms. The number of hydrogen-bond acceptors (Lipinski definition) is 3. The van der Waals surface area contributed by atoms with Gasteiger partial charge in [-0.15, -0.1) is 0 Å². The molecule has 0 atom stereocenters. The molecule has 14 heavy (non-hydrogen) atoms. The van der Waals surface area contributed by atoms with E-state index in [4.69, 9.17) is 4.74 Å². The molecular weight excluding hydrogens is 176 g/mol. The molecule has 1 aliphatic carbocycles. The lowest BCUT2D eigenvalue weighted by Crippen LogP contribution is -2.56. The van der Waals surface area contributed by atoms with Gasteiger partial charge >= 0.3 is 0 Å². The van der Waals surface area contributed by atoms with Gasteiger partial charge in [0.05, 0.1) is 19.3 Å². The van der Waals surface area contributed by atoms with Gasteiger partial charge in [-0.3, -0.25) is 4.90 Å². The Labute approximate surface area is 85.8 Å². The summed E-state index contributed by atoms with van der Waals surface area (Å²) in [6, 6.07) is 2.51. The molecule has 3 rings (SSSR count). The van der Waals surface area contributed by atoms with Gasteiger partial charge in [0.25, 0.3) is 0 Å². The number of nitrogens with zero attached hydrogens (tertiary/aromatic N) is 1. The second-order valence-electron chi connectivity index (χ2n) is 4.85. The van der Waals surface area contributed by atoms with E-state index in [-0.39, 0.29) is 0 Å². The molecule has 3 nitrogen and oxygen atoms in total. The summed E-state index contributed by atoms with van der Waals surface area (Å²) >= 11 is 0. The van der Waals surface area contributed by atoms with Gasteiger partial charge in [0.15, 0.2) is 0 Å². The van der Waals surface area contributed by atoms with Gasteiger partial charge in [-0.1, -0.05) is 0 Å². The predicted molar refractivity (Wildman–Crippen MR) is 55.4 cm³/mol. The fourth-order valence-corrected chi connectivity index (χ4v) is 2.77. The fraction of sp³-hybridized carbons (Fsp3) is 1.00. The minimum absolute atomic E-state index is 0.755. The van der Waals surface area contributed by atoms with Gasteiger partial charge < -0.3 is 10.1 Å². The molecule has 2 aliphatic heterocycles. The number of piperidine rings is 1. The molecule has 3 heteroatoms. The third-order valence-electron chi connectivity index (χ3n) is 3.74. The molecule has 0 unspecified atom stereocenters. The molecule has 3 aliphatic rings. The van der Waals surface area contributed by atoms with Crippen LogP contribution in [0.2, 0.25) is 0 Å². The van der Waals surface area contributed by atoms with Crippen LogP contribution >= 0.6 is 0 Å². The SMILES string of the molecule is C1CC(N(C2CC2)C2COC2)CCN1. The maximum Gasteiger partial charge on any atom is 0.0645 e. The molecule has 3 fully saturated rings. The van der Waals surface area contributed by atoms with Crippen molar-refractivity contribution in [3.8, 4) is 0 Å². The highest BCUT2D eigenvalue weighted by molar-refractivity contribution is 4.95. The molecule has 1 saturated carbocycles. The van der Waals surface area contributed by atoms with E-state index in [1.807, 2.05) is 0 Å². The summed E-state index contributed by atoms with van der Waals surface area (Å²) in [5.74, 6) is 0. The Bertz CT molecular complexity index is 195. The molecule has 2 heterocycles. The van der Waals surface area contributed by atoms with Crippen LogP contribution in [-0.2, 0) is 4.74 Å². The van der Waals surface area contributed by atoms with E-state index in [9.17, 15) is 0 Å². The average Bonchev–Trinajstić information content (AvgIpc) is 2.96. The van der Waals surface area contributed by atoms with E-state index in [1.54, 1.807) is 0 Å². The second-order valence-corrected chi connectivity index (χ2v) is 4.85. The van der Waals surface area contributed by atoms with Crippen molar-refractivity contribution in [2.75, 3.05) is 26.3 Å². The first kappa shape index (κ1) is 9.13. The van der Waals surface area contributed by atoms with E-state index in [0.717, 1.165) is 31.3 Å². The molecule has 0 radical (unpaired) electrons. The smallest absolute Gasteiger partial charge is 0.0645 e. The summed E-state index contributed by atoms with van der Waals surface area (Å²) in [7, 11) is 0. The van der Waals surface area contributed by atoms with Crippen LogP contribution in [0.1, 0.15) is 25.7 Å². The van der Waals surface area contributed by atoms with Gasteiger partial charge in [0, 0.05) is 12.1 Å². The second kappa shape index (κ2) is 3.80. The van der Waals surface area contributed by atoms with Crippen LogP contribution in [0.15, 0.2) is 0 Å². The summed E-state index contributed by atoms with van der Waals surface area (Å²) in [4.78, 5) is 2.78. The molecule has 1 N–H and O–H groups in total. The molecule has 0 aromatic carbocycles. The van der Waals surface area contributed by atoms with Crippen molar-refractivity contribution in [1.82, 2.24) is 10.2 Å². The van der Waals surface area contributed by atoms with Crippen LogP contribution in [0.3, 0.4) is 0 Å². The predicted octanol–water partition coefficient (Wildman–Crippen LogP) is 0.602. The molecular formula is C11H20N2O. The quantitative estimate of drug-likeness (QED) is 0.715. The van der Waals surface area contributed by atoms with Crippen LogP contribution < -0.4 is 5.32 Å². The maximum absolute atomic E-state index is 5.33. The van der Waals surface area contributed by atoms with Gasteiger partial charge in [-0.05, 0) is 38.8 Å². The molecule has 0 aromatic heterocycles. The number of hydrogen-bond donors (Lipinski definition) is 1. The Kier molecular flexibility index (Phi) is 2.48. The monoisotopic (exact) mass is 196 g/mol. The zero-order chi connectivity index (χ0) is 9.38. The third-order valence-corrected chi connectivity index (χ3v) is 3.74. The van der Waals surface area contributed by atoms with Crippen LogP contribution in [0.4, 0.5) is 0 Å². The van der Waals surface area contributed by atoms with Crippen molar-refractivity contribution in [1.29, 1.82) is 0 Å². The zero-order valence-electron chi connectivity index (χ0n) is 8.74. The summed E-state index contributed by atoms with van der Waals surface area (Å²) in [6.07, 6.45) is 5.54. The topological polar surface area (TPSA) is 24.5 Å². The first-order valence-corrected chi connectivity index (χ1v) is 6.01. The highest BCUT2D eigenvalue weighted by atomic mass is 16.5. The van der Waals surface area contributed by atoms with E-state index in [1.165, 1.54) is 38.8 Å². The first-order chi connectivity index (χ1) is 6.95. The minimum atomic E-state index is 0.755. The molecule has 0 aromatic rings. The third kappa shape index (κ3) is 1.69. The van der Waals surface area contributed by atoms with Crippen molar-refractivity contribution in [2.24, 2.45) is 0 Å². The number of ether oxygens (including phenoxy) is 1. The lowest BCUT2D eigenvalue weighted by molar-refractivity contribution is -0.0866. The first-order valence-electron chi connectivity index (χ1n) is 6.01. The molecule has 0 spiro atoms. The number of rotatable bonds is 3. The highest BCUT2D eigenvalue weighted by Gasteiger charge is 2.41. The van der Waals surface area contributed by atoms with Crippen molar-refractivity contribution in [3.05, 3.63) is 0 Å². The van der Waals surface area contributed by atoms with E-state index in [0.29, 0.717) is 0 Å². The van der Waals surface area contributed by atoms with Crippen molar-refractivity contribution < 1.29 is 4.74 Å². The van der Waals surface area contributed by atoms with Crippen LogP contribution in [0.25, 0.3) is 0 Å².